The number of benzene rings is 1. The van der Waals surface area contributed by atoms with Crippen LogP contribution in [0.4, 0.5) is 8.78 Å². The Labute approximate surface area is 160 Å². The van der Waals surface area contributed by atoms with Crippen molar-refractivity contribution in [3.05, 3.63) is 63.6 Å². The van der Waals surface area contributed by atoms with Gasteiger partial charge in [0.1, 0.15) is 17.1 Å². The molecule has 4 rings (SSSR count). The number of aromatic nitrogens is 3. The van der Waals surface area contributed by atoms with Crippen molar-refractivity contribution in [1.82, 2.24) is 14.4 Å². The zero-order valence-corrected chi connectivity index (χ0v) is 15.5. The maximum atomic E-state index is 12.6. The van der Waals surface area contributed by atoms with Crippen molar-refractivity contribution in [3.63, 3.8) is 0 Å². The summed E-state index contributed by atoms with van der Waals surface area (Å²) in [6.45, 7) is 0.355. The molecule has 1 N–H and O–H groups in total. The number of alkyl halides is 2. The third kappa shape index (κ3) is 3.77. The number of imidazole rings is 1. The summed E-state index contributed by atoms with van der Waals surface area (Å²) in [5, 5.41) is 0. The van der Waals surface area contributed by atoms with Crippen LogP contribution < -0.4 is 10.3 Å². The quantitative estimate of drug-likeness (QED) is 0.726. The molecule has 0 saturated carbocycles. The summed E-state index contributed by atoms with van der Waals surface area (Å²) >= 11 is 0. The summed E-state index contributed by atoms with van der Waals surface area (Å²) in [7, 11) is 0. The van der Waals surface area contributed by atoms with Gasteiger partial charge in [-0.25, -0.2) is 4.98 Å². The van der Waals surface area contributed by atoms with Crippen LogP contribution in [0.5, 0.6) is 5.75 Å². The molecule has 148 valence electrons. The Morgan fingerprint density at radius 1 is 1.29 bits per heavy atom. The van der Waals surface area contributed by atoms with E-state index in [0.29, 0.717) is 30.8 Å². The Bertz CT molecular complexity index is 1020. The number of aromatic amines is 1. The van der Waals surface area contributed by atoms with Crippen molar-refractivity contribution in [1.29, 1.82) is 0 Å². The number of rotatable bonds is 5. The van der Waals surface area contributed by atoms with Gasteiger partial charge in [0.2, 0.25) is 0 Å². The van der Waals surface area contributed by atoms with E-state index < -0.39 is 6.61 Å². The maximum Gasteiger partial charge on any atom is 0.387 e. The zero-order valence-electron chi connectivity index (χ0n) is 15.5. The molecule has 3 aromatic rings. The normalized spacial score (nSPS) is 15.4. The van der Waals surface area contributed by atoms with Gasteiger partial charge in [0.15, 0.2) is 0 Å². The average Bonchev–Trinajstić information content (AvgIpc) is 3.02. The third-order valence-corrected chi connectivity index (χ3v) is 4.97. The van der Waals surface area contributed by atoms with Crippen molar-refractivity contribution >= 4 is 5.52 Å². The van der Waals surface area contributed by atoms with E-state index in [1.54, 1.807) is 12.1 Å². The molecule has 0 bridgehead atoms. The second kappa shape index (κ2) is 7.71. The summed E-state index contributed by atoms with van der Waals surface area (Å²) in [6.07, 6.45) is 4.06. The largest absolute Gasteiger partial charge is 0.435 e. The molecular formula is C20H21F2N3O3. The summed E-state index contributed by atoms with van der Waals surface area (Å²) in [5.74, 6) is 1.21. The predicted octanol–water partition coefficient (Wildman–Crippen LogP) is 3.42. The van der Waals surface area contributed by atoms with Gasteiger partial charge < -0.3 is 14.5 Å². The highest BCUT2D eigenvalue weighted by atomic mass is 19.3. The van der Waals surface area contributed by atoms with E-state index in [-0.39, 0.29) is 17.2 Å². The SMILES string of the molecule is Cc1cn2c(C3CCOCC3)nc(Cc3ccc(OC(F)F)cc3)c2c(=O)[nH]1. The maximum absolute atomic E-state index is 12.6. The first-order valence-corrected chi connectivity index (χ1v) is 9.23. The number of halogens is 2. The van der Waals surface area contributed by atoms with Gasteiger partial charge in [-0.2, -0.15) is 8.78 Å². The van der Waals surface area contributed by atoms with Crippen LogP contribution in [0.15, 0.2) is 35.3 Å². The molecule has 0 unspecified atom stereocenters. The first-order chi connectivity index (χ1) is 13.5. The Hall–Kier alpha value is -2.74. The summed E-state index contributed by atoms with van der Waals surface area (Å²) in [6, 6.07) is 6.40. The number of hydrogen-bond donors (Lipinski definition) is 1. The van der Waals surface area contributed by atoms with E-state index in [0.717, 1.165) is 29.9 Å². The smallest absolute Gasteiger partial charge is 0.387 e. The fraction of sp³-hybridized carbons (Fsp3) is 0.400. The van der Waals surface area contributed by atoms with Gasteiger partial charge in [0.05, 0.1) is 5.69 Å². The number of H-pyrrole nitrogens is 1. The molecule has 0 aliphatic carbocycles. The van der Waals surface area contributed by atoms with Gasteiger partial charge in [-0.15, -0.1) is 0 Å². The predicted molar refractivity (Wildman–Crippen MR) is 99.2 cm³/mol. The summed E-state index contributed by atoms with van der Waals surface area (Å²) in [4.78, 5) is 20.3. The zero-order chi connectivity index (χ0) is 19.7. The molecule has 1 fully saturated rings. The van der Waals surface area contributed by atoms with Crippen LogP contribution in [-0.4, -0.2) is 34.2 Å². The summed E-state index contributed by atoms with van der Waals surface area (Å²) in [5.41, 5.74) is 2.65. The fourth-order valence-electron chi connectivity index (χ4n) is 3.68. The van der Waals surface area contributed by atoms with Gasteiger partial charge in [0.25, 0.3) is 5.56 Å². The van der Waals surface area contributed by atoms with E-state index in [4.69, 9.17) is 9.72 Å². The van der Waals surface area contributed by atoms with Crippen LogP contribution in [0.3, 0.4) is 0 Å². The number of nitrogens with one attached hydrogen (secondary N) is 1. The molecule has 0 spiro atoms. The second-order valence-electron chi connectivity index (χ2n) is 6.99. The average molecular weight is 389 g/mol. The van der Waals surface area contributed by atoms with Crippen LogP contribution in [0, 0.1) is 6.92 Å². The van der Waals surface area contributed by atoms with Crippen LogP contribution >= 0.6 is 0 Å². The molecule has 6 nitrogen and oxygen atoms in total. The standard InChI is InChI=1S/C20H21F2N3O3/c1-12-11-25-17(19(26)23-12)16(24-18(25)14-6-8-27-9-7-14)10-13-2-4-15(5-3-13)28-20(21)22/h2-5,11,14,20H,6-10H2,1H3,(H,23,26). The van der Waals surface area contributed by atoms with Gasteiger partial charge in [-0.05, 0) is 37.5 Å². The van der Waals surface area contributed by atoms with Crippen molar-refractivity contribution in [2.45, 2.75) is 38.7 Å². The Morgan fingerprint density at radius 3 is 2.68 bits per heavy atom. The number of nitrogens with zero attached hydrogens (tertiary/aromatic N) is 2. The lowest BCUT2D eigenvalue weighted by Gasteiger charge is -2.20. The molecule has 28 heavy (non-hydrogen) atoms. The number of aryl methyl sites for hydroxylation is 1. The van der Waals surface area contributed by atoms with Crippen LogP contribution in [0.25, 0.3) is 5.52 Å². The molecule has 0 atom stereocenters. The Morgan fingerprint density at radius 2 is 2.00 bits per heavy atom. The highest BCUT2D eigenvalue weighted by Crippen LogP contribution is 2.28. The lowest BCUT2D eigenvalue weighted by Crippen LogP contribution is -2.18. The molecular weight excluding hydrogens is 368 g/mol. The van der Waals surface area contributed by atoms with Crippen molar-refractivity contribution in [2.75, 3.05) is 13.2 Å². The second-order valence-corrected chi connectivity index (χ2v) is 6.99. The minimum Gasteiger partial charge on any atom is -0.435 e. The van der Waals surface area contributed by atoms with Gasteiger partial charge in [-0.3, -0.25) is 9.20 Å². The van der Waals surface area contributed by atoms with E-state index in [1.807, 2.05) is 17.5 Å². The molecule has 3 heterocycles. The molecule has 0 radical (unpaired) electrons. The molecule has 0 amide bonds. The highest BCUT2D eigenvalue weighted by Gasteiger charge is 2.24. The third-order valence-electron chi connectivity index (χ3n) is 4.97. The summed E-state index contributed by atoms with van der Waals surface area (Å²) < 4.78 is 36.4. The van der Waals surface area contributed by atoms with Crippen LogP contribution in [-0.2, 0) is 11.2 Å². The fourth-order valence-corrected chi connectivity index (χ4v) is 3.68. The molecule has 1 aliphatic rings. The number of hydrogen-bond acceptors (Lipinski definition) is 4. The Kier molecular flexibility index (Phi) is 5.13. The molecule has 1 aliphatic heterocycles. The van der Waals surface area contributed by atoms with Crippen molar-refractivity contribution in [2.24, 2.45) is 0 Å². The van der Waals surface area contributed by atoms with E-state index in [1.165, 1.54) is 12.1 Å². The first kappa shape index (κ1) is 18.6. The van der Waals surface area contributed by atoms with E-state index in [2.05, 4.69) is 9.72 Å². The molecule has 1 saturated heterocycles. The number of ether oxygens (including phenoxy) is 2. The van der Waals surface area contributed by atoms with Crippen molar-refractivity contribution < 1.29 is 18.3 Å². The molecule has 8 heteroatoms. The first-order valence-electron chi connectivity index (χ1n) is 9.23. The topological polar surface area (TPSA) is 68.6 Å². The lowest BCUT2D eigenvalue weighted by atomic mass is 9.99. The van der Waals surface area contributed by atoms with Gasteiger partial charge >= 0.3 is 6.61 Å². The van der Waals surface area contributed by atoms with Crippen molar-refractivity contribution in [3.8, 4) is 5.75 Å². The lowest BCUT2D eigenvalue weighted by molar-refractivity contribution is -0.0498. The van der Waals surface area contributed by atoms with Crippen LogP contribution in [0.1, 0.15) is 41.5 Å². The number of fused-ring (bicyclic) bond motifs is 1. The van der Waals surface area contributed by atoms with Crippen LogP contribution in [0.2, 0.25) is 0 Å². The minimum absolute atomic E-state index is 0.102. The molecule has 1 aromatic carbocycles. The van der Waals surface area contributed by atoms with E-state index in [9.17, 15) is 13.6 Å². The minimum atomic E-state index is -2.85. The Balaban J connectivity index is 1.71. The van der Waals surface area contributed by atoms with E-state index >= 15 is 0 Å². The van der Waals surface area contributed by atoms with Gasteiger partial charge in [-0.1, -0.05) is 12.1 Å². The van der Waals surface area contributed by atoms with Gasteiger partial charge in [0, 0.05) is 37.4 Å². The highest BCUT2D eigenvalue weighted by molar-refractivity contribution is 5.54. The molecule has 2 aromatic heterocycles. The monoisotopic (exact) mass is 389 g/mol.